The van der Waals surface area contributed by atoms with Gasteiger partial charge in [-0.1, -0.05) is 0 Å². The van der Waals surface area contributed by atoms with Gasteiger partial charge in [-0.15, -0.1) is 5.10 Å². The predicted molar refractivity (Wildman–Crippen MR) is 42.4 cm³/mol. The van der Waals surface area contributed by atoms with Gasteiger partial charge in [0.2, 0.25) is 0 Å². The van der Waals surface area contributed by atoms with E-state index in [1.165, 1.54) is 13.0 Å². The molecule has 0 fully saturated rings. The minimum Gasteiger partial charge on any atom is -0.393 e. The van der Waals surface area contributed by atoms with Crippen molar-refractivity contribution in [2.75, 3.05) is 0 Å². The second-order valence-electron chi connectivity index (χ2n) is 2.96. The third-order valence-corrected chi connectivity index (χ3v) is 1.51. The first-order valence-corrected chi connectivity index (χ1v) is 3.97. The molecule has 0 aliphatic rings. The van der Waals surface area contributed by atoms with Crippen molar-refractivity contribution in [3.05, 3.63) is 23.5 Å². The summed E-state index contributed by atoms with van der Waals surface area (Å²) >= 11 is 0. The van der Waals surface area contributed by atoms with Gasteiger partial charge in [-0.25, -0.2) is 0 Å². The summed E-state index contributed by atoms with van der Waals surface area (Å²) in [6, 6.07) is 2.06. The monoisotopic (exact) mass is 206 g/mol. The van der Waals surface area contributed by atoms with E-state index in [0.717, 1.165) is 6.07 Å². The highest BCUT2D eigenvalue weighted by molar-refractivity contribution is 5.09. The zero-order valence-electron chi connectivity index (χ0n) is 7.41. The number of aliphatic hydroxyl groups is 1. The third kappa shape index (κ3) is 2.95. The van der Waals surface area contributed by atoms with E-state index < -0.39 is 18.0 Å². The summed E-state index contributed by atoms with van der Waals surface area (Å²) in [6.45, 7) is 1.53. The van der Waals surface area contributed by atoms with E-state index in [-0.39, 0.29) is 6.42 Å². The molecule has 0 spiro atoms. The molecule has 0 saturated carbocycles. The van der Waals surface area contributed by atoms with Crippen molar-refractivity contribution < 1.29 is 18.3 Å². The standard InChI is InChI=1S/C8H9F3N2O/c1-5(14)4-6-2-3-7(13-12-6)8(9,10)11/h2-3,5,14H,4H2,1H3. The van der Waals surface area contributed by atoms with Gasteiger partial charge in [0.25, 0.3) is 0 Å². The lowest BCUT2D eigenvalue weighted by Gasteiger charge is -2.06. The number of aromatic nitrogens is 2. The van der Waals surface area contributed by atoms with Crippen molar-refractivity contribution in [3.63, 3.8) is 0 Å². The Kier molecular flexibility index (Phi) is 3.05. The Balaban J connectivity index is 2.79. The predicted octanol–water partition coefficient (Wildman–Crippen LogP) is 1.42. The van der Waals surface area contributed by atoms with Gasteiger partial charge < -0.3 is 5.11 Å². The van der Waals surface area contributed by atoms with Gasteiger partial charge in [0.15, 0.2) is 5.69 Å². The SMILES string of the molecule is CC(O)Cc1ccc(C(F)(F)F)nn1. The summed E-state index contributed by atoms with van der Waals surface area (Å²) in [4.78, 5) is 0. The van der Waals surface area contributed by atoms with Crippen molar-refractivity contribution in [3.8, 4) is 0 Å². The number of alkyl halides is 3. The van der Waals surface area contributed by atoms with Crippen LogP contribution in [0.15, 0.2) is 12.1 Å². The molecule has 0 aliphatic heterocycles. The summed E-state index contributed by atoms with van der Waals surface area (Å²) in [7, 11) is 0. The van der Waals surface area contributed by atoms with E-state index in [9.17, 15) is 13.2 Å². The summed E-state index contributed by atoms with van der Waals surface area (Å²) < 4.78 is 36.1. The summed E-state index contributed by atoms with van der Waals surface area (Å²) in [5.74, 6) is 0. The number of rotatable bonds is 2. The minimum atomic E-state index is -4.46. The molecule has 1 rings (SSSR count). The molecule has 1 heterocycles. The molecule has 6 heteroatoms. The van der Waals surface area contributed by atoms with Crippen LogP contribution in [0.3, 0.4) is 0 Å². The Morgan fingerprint density at radius 3 is 2.36 bits per heavy atom. The Labute approximate surface area is 78.6 Å². The fraction of sp³-hybridized carbons (Fsp3) is 0.500. The molecule has 0 aliphatic carbocycles. The number of hydrogen-bond acceptors (Lipinski definition) is 3. The van der Waals surface area contributed by atoms with Gasteiger partial charge in [-0.05, 0) is 19.1 Å². The average molecular weight is 206 g/mol. The molecule has 0 radical (unpaired) electrons. The van der Waals surface area contributed by atoms with Gasteiger partial charge in [-0.2, -0.15) is 18.3 Å². The Morgan fingerprint density at radius 1 is 1.36 bits per heavy atom. The van der Waals surface area contributed by atoms with Gasteiger partial charge in [0, 0.05) is 6.42 Å². The van der Waals surface area contributed by atoms with E-state index in [2.05, 4.69) is 10.2 Å². The Bertz CT molecular complexity index is 294. The summed E-state index contributed by atoms with van der Waals surface area (Å²) in [5, 5.41) is 15.3. The van der Waals surface area contributed by atoms with Crippen molar-refractivity contribution in [1.29, 1.82) is 0 Å². The maximum Gasteiger partial charge on any atom is 0.435 e. The summed E-state index contributed by atoms with van der Waals surface area (Å²) in [6.07, 6.45) is -4.90. The third-order valence-electron chi connectivity index (χ3n) is 1.51. The zero-order chi connectivity index (χ0) is 10.8. The Hall–Kier alpha value is -1.17. The lowest BCUT2D eigenvalue weighted by Crippen LogP contribution is -2.12. The molecule has 1 atom stereocenters. The van der Waals surface area contributed by atoms with Crippen LogP contribution in [0.2, 0.25) is 0 Å². The molecule has 0 bridgehead atoms. The maximum atomic E-state index is 12.0. The van der Waals surface area contributed by atoms with Crippen LogP contribution < -0.4 is 0 Å². The van der Waals surface area contributed by atoms with Crippen LogP contribution >= 0.6 is 0 Å². The molecule has 1 aromatic heterocycles. The van der Waals surface area contributed by atoms with Gasteiger partial charge in [0.1, 0.15) is 0 Å². The van der Waals surface area contributed by atoms with Crippen LogP contribution in [0.1, 0.15) is 18.3 Å². The lowest BCUT2D eigenvalue weighted by atomic mass is 10.2. The van der Waals surface area contributed by atoms with Crippen molar-refractivity contribution in [2.24, 2.45) is 0 Å². The van der Waals surface area contributed by atoms with Crippen molar-refractivity contribution >= 4 is 0 Å². The fourth-order valence-corrected chi connectivity index (χ4v) is 0.923. The van der Waals surface area contributed by atoms with E-state index in [4.69, 9.17) is 5.11 Å². The number of hydrogen-bond donors (Lipinski definition) is 1. The number of halogens is 3. The highest BCUT2D eigenvalue weighted by Gasteiger charge is 2.32. The van der Waals surface area contributed by atoms with Gasteiger partial charge in [-0.3, -0.25) is 0 Å². The first-order valence-electron chi connectivity index (χ1n) is 3.97. The average Bonchev–Trinajstić information content (AvgIpc) is 2.02. The molecular weight excluding hydrogens is 197 g/mol. The normalized spacial score (nSPS) is 14.1. The maximum absolute atomic E-state index is 12.0. The van der Waals surface area contributed by atoms with Crippen LogP contribution in [-0.4, -0.2) is 21.4 Å². The lowest BCUT2D eigenvalue weighted by molar-refractivity contribution is -0.141. The Morgan fingerprint density at radius 2 is 2.00 bits per heavy atom. The molecule has 1 N–H and O–H groups in total. The minimum absolute atomic E-state index is 0.200. The van der Waals surface area contributed by atoms with Crippen LogP contribution in [0.25, 0.3) is 0 Å². The van der Waals surface area contributed by atoms with Gasteiger partial charge in [0.05, 0.1) is 11.8 Å². The molecular formula is C8H9F3N2O. The molecule has 0 saturated heterocycles. The van der Waals surface area contributed by atoms with Crippen molar-refractivity contribution in [1.82, 2.24) is 10.2 Å². The van der Waals surface area contributed by atoms with Crippen LogP contribution in [-0.2, 0) is 12.6 Å². The molecule has 3 nitrogen and oxygen atoms in total. The highest BCUT2D eigenvalue weighted by atomic mass is 19.4. The summed E-state index contributed by atoms with van der Waals surface area (Å²) in [5.41, 5.74) is -0.681. The molecule has 0 aromatic carbocycles. The fourth-order valence-electron chi connectivity index (χ4n) is 0.923. The van der Waals surface area contributed by atoms with Crippen LogP contribution in [0.4, 0.5) is 13.2 Å². The number of nitrogens with zero attached hydrogens (tertiary/aromatic N) is 2. The first kappa shape index (κ1) is 10.9. The van der Waals surface area contributed by atoms with E-state index in [1.54, 1.807) is 0 Å². The van der Waals surface area contributed by atoms with Crippen LogP contribution in [0.5, 0.6) is 0 Å². The topological polar surface area (TPSA) is 46.0 Å². The van der Waals surface area contributed by atoms with Crippen LogP contribution in [0, 0.1) is 0 Å². The molecule has 78 valence electrons. The van der Waals surface area contributed by atoms with E-state index >= 15 is 0 Å². The quantitative estimate of drug-likeness (QED) is 0.795. The highest BCUT2D eigenvalue weighted by Crippen LogP contribution is 2.26. The van der Waals surface area contributed by atoms with E-state index in [1.807, 2.05) is 0 Å². The first-order chi connectivity index (χ1) is 6.39. The van der Waals surface area contributed by atoms with Crippen molar-refractivity contribution in [2.45, 2.75) is 25.6 Å². The smallest absolute Gasteiger partial charge is 0.393 e. The van der Waals surface area contributed by atoms with E-state index in [0.29, 0.717) is 5.69 Å². The zero-order valence-corrected chi connectivity index (χ0v) is 7.41. The molecule has 1 unspecified atom stereocenters. The molecule has 1 aromatic rings. The second kappa shape index (κ2) is 3.91. The second-order valence-corrected chi connectivity index (χ2v) is 2.96. The molecule has 0 amide bonds. The number of aliphatic hydroxyl groups excluding tert-OH is 1. The van der Waals surface area contributed by atoms with Gasteiger partial charge >= 0.3 is 6.18 Å². The molecule has 14 heavy (non-hydrogen) atoms. The largest absolute Gasteiger partial charge is 0.435 e.